The Hall–Kier alpha value is -2.24. The summed E-state index contributed by atoms with van der Waals surface area (Å²) >= 11 is 0. The summed E-state index contributed by atoms with van der Waals surface area (Å²) in [5.74, 6) is -0.369. The molecule has 0 saturated carbocycles. The molecule has 1 rings (SSSR count). The van der Waals surface area contributed by atoms with E-state index in [1.165, 1.54) is 7.05 Å². The van der Waals surface area contributed by atoms with Crippen molar-refractivity contribution in [1.29, 1.82) is 0 Å². The smallest absolute Gasteiger partial charge is 0.410 e. The van der Waals surface area contributed by atoms with Crippen LogP contribution in [0.5, 0.6) is 5.75 Å². The number of carboxylic acids is 1. The van der Waals surface area contributed by atoms with Gasteiger partial charge in [-0.2, -0.15) is 0 Å². The van der Waals surface area contributed by atoms with Crippen LogP contribution in [0, 0.1) is 0 Å². The first kappa shape index (κ1) is 20.8. The minimum absolute atomic E-state index is 0.181. The maximum Gasteiger partial charge on any atom is 0.410 e. The standard InChI is InChI=1S/C19H29NO5/c1-18(2,3)24-14-10-8-13(9-11-14)12-15(16(21)22)20(7)17(23)25-19(4,5)6/h8-11,15H,12H2,1-7H3,(H,21,22)/t15-/m1/s1. The number of amides is 1. The number of nitrogens with zero attached hydrogens (tertiary/aromatic N) is 1. The van der Waals surface area contributed by atoms with Crippen molar-refractivity contribution in [3.05, 3.63) is 29.8 Å². The molecule has 1 aromatic rings. The zero-order valence-corrected chi connectivity index (χ0v) is 16.1. The van der Waals surface area contributed by atoms with E-state index in [1.807, 2.05) is 20.8 Å². The van der Waals surface area contributed by atoms with E-state index in [-0.39, 0.29) is 12.0 Å². The van der Waals surface area contributed by atoms with Crippen LogP contribution in [0.15, 0.2) is 24.3 Å². The van der Waals surface area contributed by atoms with Crippen LogP contribution in [0.3, 0.4) is 0 Å². The highest BCUT2D eigenvalue weighted by atomic mass is 16.6. The number of hydrogen-bond acceptors (Lipinski definition) is 4. The van der Waals surface area contributed by atoms with Crippen LogP contribution in [-0.4, -0.2) is 46.4 Å². The molecule has 25 heavy (non-hydrogen) atoms. The Morgan fingerprint density at radius 1 is 1.04 bits per heavy atom. The Kier molecular flexibility index (Phi) is 6.46. The third kappa shape index (κ3) is 7.45. The van der Waals surface area contributed by atoms with Crippen molar-refractivity contribution >= 4 is 12.1 Å². The predicted molar refractivity (Wildman–Crippen MR) is 95.9 cm³/mol. The number of carbonyl (C=O) groups excluding carboxylic acids is 1. The molecule has 6 nitrogen and oxygen atoms in total. The van der Waals surface area contributed by atoms with E-state index < -0.39 is 23.7 Å². The second-order valence-electron chi connectivity index (χ2n) is 8.01. The average molecular weight is 351 g/mol. The maximum absolute atomic E-state index is 12.1. The molecule has 1 N–H and O–H groups in total. The maximum atomic E-state index is 12.1. The van der Waals surface area contributed by atoms with E-state index in [2.05, 4.69) is 0 Å². The van der Waals surface area contributed by atoms with Gasteiger partial charge in [-0.1, -0.05) is 12.1 Å². The predicted octanol–water partition coefficient (Wildman–Crippen LogP) is 3.73. The van der Waals surface area contributed by atoms with Crippen molar-refractivity contribution in [2.45, 2.75) is 65.2 Å². The van der Waals surface area contributed by atoms with E-state index in [9.17, 15) is 14.7 Å². The first-order valence-electron chi connectivity index (χ1n) is 8.25. The van der Waals surface area contributed by atoms with Gasteiger partial charge in [0.05, 0.1) is 0 Å². The summed E-state index contributed by atoms with van der Waals surface area (Å²) in [4.78, 5) is 24.8. The summed E-state index contributed by atoms with van der Waals surface area (Å²) in [7, 11) is 1.43. The largest absolute Gasteiger partial charge is 0.488 e. The number of ether oxygens (including phenoxy) is 2. The summed E-state index contributed by atoms with van der Waals surface area (Å²) in [5, 5.41) is 9.49. The van der Waals surface area contributed by atoms with Crippen molar-refractivity contribution in [3.8, 4) is 5.75 Å². The number of benzene rings is 1. The molecule has 0 aliphatic carbocycles. The normalized spacial score (nSPS) is 13.1. The molecule has 0 aromatic heterocycles. The van der Waals surface area contributed by atoms with Gasteiger partial charge in [0, 0.05) is 13.5 Å². The third-order valence-corrected chi connectivity index (χ3v) is 3.21. The van der Waals surface area contributed by atoms with Crippen LogP contribution in [0.1, 0.15) is 47.1 Å². The van der Waals surface area contributed by atoms with Gasteiger partial charge in [0.25, 0.3) is 0 Å². The lowest BCUT2D eigenvalue weighted by Gasteiger charge is -2.28. The van der Waals surface area contributed by atoms with Crippen molar-refractivity contribution < 1.29 is 24.2 Å². The molecule has 0 heterocycles. The van der Waals surface area contributed by atoms with Gasteiger partial charge in [-0.3, -0.25) is 4.90 Å². The van der Waals surface area contributed by atoms with Crippen LogP contribution in [-0.2, 0) is 16.0 Å². The highest BCUT2D eigenvalue weighted by molar-refractivity contribution is 5.80. The lowest BCUT2D eigenvalue weighted by atomic mass is 10.0. The third-order valence-electron chi connectivity index (χ3n) is 3.21. The fourth-order valence-electron chi connectivity index (χ4n) is 2.12. The topological polar surface area (TPSA) is 76.1 Å². The number of hydrogen-bond donors (Lipinski definition) is 1. The minimum atomic E-state index is -1.08. The molecule has 6 heteroatoms. The quantitative estimate of drug-likeness (QED) is 0.875. The highest BCUT2D eigenvalue weighted by Crippen LogP contribution is 2.20. The molecule has 0 aliphatic rings. The van der Waals surface area contributed by atoms with E-state index in [1.54, 1.807) is 45.0 Å². The number of aliphatic carboxylic acids is 1. The molecular weight excluding hydrogens is 322 g/mol. The fourth-order valence-corrected chi connectivity index (χ4v) is 2.12. The lowest BCUT2D eigenvalue weighted by Crippen LogP contribution is -2.46. The van der Waals surface area contributed by atoms with E-state index in [0.29, 0.717) is 5.75 Å². The van der Waals surface area contributed by atoms with Gasteiger partial charge in [0.15, 0.2) is 0 Å². The molecule has 0 radical (unpaired) electrons. The Bertz CT molecular complexity index is 596. The van der Waals surface area contributed by atoms with Gasteiger partial charge in [-0.15, -0.1) is 0 Å². The average Bonchev–Trinajstić information content (AvgIpc) is 2.42. The van der Waals surface area contributed by atoms with Crippen molar-refractivity contribution in [3.63, 3.8) is 0 Å². The summed E-state index contributed by atoms with van der Waals surface area (Å²) in [6.07, 6.45) is -0.478. The van der Waals surface area contributed by atoms with Crippen molar-refractivity contribution in [2.24, 2.45) is 0 Å². The van der Waals surface area contributed by atoms with Gasteiger partial charge in [-0.05, 0) is 59.2 Å². The Labute approximate surface area is 149 Å². The first-order chi connectivity index (χ1) is 11.3. The van der Waals surface area contributed by atoms with E-state index in [4.69, 9.17) is 9.47 Å². The van der Waals surface area contributed by atoms with Gasteiger partial charge < -0.3 is 14.6 Å². The van der Waals surface area contributed by atoms with Gasteiger partial charge in [0.1, 0.15) is 23.0 Å². The molecule has 0 unspecified atom stereocenters. The highest BCUT2D eigenvalue weighted by Gasteiger charge is 2.30. The molecule has 1 amide bonds. The summed E-state index contributed by atoms with van der Waals surface area (Å²) < 4.78 is 11.0. The molecular formula is C19H29NO5. The van der Waals surface area contributed by atoms with Gasteiger partial charge in [-0.25, -0.2) is 9.59 Å². The Morgan fingerprint density at radius 2 is 1.56 bits per heavy atom. The lowest BCUT2D eigenvalue weighted by molar-refractivity contribution is -0.142. The van der Waals surface area contributed by atoms with Crippen LogP contribution in [0.2, 0.25) is 0 Å². The monoisotopic (exact) mass is 351 g/mol. The fraction of sp³-hybridized carbons (Fsp3) is 0.579. The molecule has 0 bridgehead atoms. The summed E-state index contributed by atoms with van der Waals surface area (Å²) in [6.45, 7) is 11.1. The van der Waals surface area contributed by atoms with Crippen molar-refractivity contribution in [1.82, 2.24) is 4.90 Å². The molecule has 1 aromatic carbocycles. The zero-order chi connectivity index (χ0) is 19.4. The summed E-state index contributed by atoms with van der Waals surface area (Å²) in [5.41, 5.74) is -0.188. The second kappa shape index (κ2) is 7.76. The number of likely N-dealkylation sites (N-methyl/N-ethyl adjacent to an activating group) is 1. The van der Waals surface area contributed by atoms with Crippen LogP contribution in [0.25, 0.3) is 0 Å². The molecule has 1 atom stereocenters. The first-order valence-corrected chi connectivity index (χ1v) is 8.25. The summed E-state index contributed by atoms with van der Waals surface area (Å²) in [6, 6.07) is 6.20. The molecule has 0 spiro atoms. The van der Waals surface area contributed by atoms with Gasteiger partial charge in [0.2, 0.25) is 0 Å². The Balaban J connectivity index is 2.84. The molecule has 0 saturated heterocycles. The molecule has 140 valence electrons. The number of carbonyl (C=O) groups is 2. The van der Waals surface area contributed by atoms with E-state index >= 15 is 0 Å². The van der Waals surface area contributed by atoms with Crippen LogP contribution >= 0.6 is 0 Å². The Morgan fingerprint density at radius 3 is 1.96 bits per heavy atom. The SMILES string of the molecule is CN(C(=O)OC(C)(C)C)[C@H](Cc1ccc(OC(C)(C)C)cc1)C(=O)O. The second-order valence-corrected chi connectivity index (χ2v) is 8.01. The zero-order valence-electron chi connectivity index (χ0n) is 16.1. The van der Waals surface area contributed by atoms with E-state index in [0.717, 1.165) is 10.5 Å². The number of rotatable bonds is 5. The molecule has 0 fully saturated rings. The number of carboxylic acid groups (broad SMARTS) is 1. The van der Waals surface area contributed by atoms with Crippen LogP contribution < -0.4 is 4.74 Å². The minimum Gasteiger partial charge on any atom is -0.488 e. The molecule has 0 aliphatic heterocycles. The van der Waals surface area contributed by atoms with Crippen molar-refractivity contribution in [2.75, 3.05) is 7.05 Å². The van der Waals surface area contributed by atoms with Gasteiger partial charge >= 0.3 is 12.1 Å². The van der Waals surface area contributed by atoms with Crippen LogP contribution in [0.4, 0.5) is 4.79 Å².